The molecule has 4 nitrogen and oxygen atoms in total. The van der Waals surface area contributed by atoms with Crippen LogP contribution in [0.5, 0.6) is 0 Å². The van der Waals surface area contributed by atoms with E-state index in [1.807, 2.05) is 0 Å². The lowest BCUT2D eigenvalue weighted by atomic mass is 9.85. The summed E-state index contributed by atoms with van der Waals surface area (Å²) in [4.78, 5) is 12.3. The molecule has 1 saturated carbocycles. The SMILES string of the molecule is O=C(NC1CCCNC1)C1CC2CCCCC2N1. The molecular formula is C14H25N3O. The Morgan fingerprint density at radius 1 is 1.11 bits per heavy atom. The highest BCUT2D eigenvalue weighted by atomic mass is 16.2. The molecule has 4 atom stereocenters. The molecule has 0 aromatic carbocycles. The average Bonchev–Trinajstić information content (AvgIpc) is 2.84. The van der Waals surface area contributed by atoms with Crippen molar-refractivity contribution in [1.29, 1.82) is 0 Å². The van der Waals surface area contributed by atoms with E-state index in [2.05, 4.69) is 16.0 Å². The first kappa shape index (κ1) is 12.4. The van der Waals surface area contributed by atoms with Crippen LogP contribution >= 0.6 is 0 Å². The number of nitrogens with one attached hydrogen (secondary N) is 3. The number of hydrogen-bond acceptors (Lipinski definition) is 3. The summed E-state index contributed by atoms with van der Waals surface area (Å²) in [5.74, 6) is 0.983. The van der Waals surface area contributed by atoms with Crippen molar-refractivity contribution < 1.29 is 4.79 Å². The van der Waals surface area contributed by atoms with E-state index >= 15 is 0 Å². The molecule has 4 unspecified atom stereocenters. The summed E-state index contributed by atoms with van der Waals surface area (Å²) in [6.07, 6.45) is 8.61. The van der Waals surface area contributed by atoms with Crippen molar-refractivity contribution >= 4 is 5.91 Å². The Hall–Kier alpha value is -0.610. The fourth-order valence-corrected chi connectivity index (χ4v) is 3.80. The fraction of sp³-hybridized carbons (Fsp3) is 0.929. The molecule has 2 aliphatic heterocycles. The van der Waals surface area contributed by atoms with Gasteiger partial charge in [-0.3, -0.25) is 4.79 Å². The minimum atomic E-state index is 0.0695. The molecule has 1 amide bonds. The standard InChI is InChI=1S/C14H25N3O/c18-14(16-11-5-3-7-15-9-11)13-8-10-4-1-2-6-12(10)17-13/h10-13,15,17H,1-9H2,(H,16,18). The second kappa shape index (κ2) is 5.57. The highest BCUT2D eigenvalue weighted by molar-refractivity contribution is 5.82. The molecule has 3 aliphatic rings. The molecule has 4 heteroatoms. The van der Waals surface area contributed by atoms with Gasteiger partial charge in [-0.15, -0.1) is 0 Å². The van der Waals surface area contributed by atoms with Gasteiger partial charge in [-0.05, 0) is 44.6 Å². The Bertz CT molecular complexity index is 287. The van der Waals surface area contributed by atoms with Crippen molar-refractivity contribution in [3.05, 3.63) is 0 Å². The first-order valence-corrected chi connectivity index (χ1v) is 7.60. The summed E-state index contributed by atoms with van der Waals surface area (Å²) in [5, 5.41) is 10.1. The highest BCUT2D eigenvalue weighted by Crippen LogP contribution is 2.33. The minimum Gasteiger partial charge on any atom is -0.351 e. The van der Waals surface area contributed by atoms with Crippen LogP contribution in [-0.4, -0.2) is 37.1 Å². The summed E-state index contributed by atoms with van der Waals surface area (Å²) in [5.41, 5.74) is 0. The van der Waals surface area contributed by atoms with Gasteiger partial charge >= 0.3 is 0 Å². The van der Waals surface area contributed by atoms with E-state index in [1.165, 1.54) is 32.1 Å². The summed E-state index contributed by atoms with van der Waals surface area (Å²) >= 11 is 0. The first-order valence-electron chi connectivity index (χ1n) is 7.60. The summed E-state index contributed by atoms with van der Waals surface area (Å²) in [6, 6.07) is 1.02. The smallest absolute Gasteiger partial charge is 0.237 e. The maximum Gasteiger partial charge on any atom is 0.237 e. The molecular weight excluding hydrogens is 226 g/mol. The van der Waals surface area contributed by atoms with Gasteiger partial charge in [0, 0.05) is 18.6 Å². The van der Waals surface area contributed by atoms with Crippen molar-refractivity contribution in [3.63, 3.8) is 0 Å². The van der Waals surface area contributed by atoms with Crippen molar-refractivity contribution in [2.75, 3.05) is 13.1 Å². The topological polar surface area (TPSA) is 53.2 Å². The van der Waals surface area contributed by atoms with Crippen molar-refractivity contribution in [1.82, 2.24) is 16.0 Å². The van der Waals surface area contributed by atoms with E-state index in [0.29, 0.717) is 12.1 Å². The van der Waals surface area contributed by atoms with Gasteiger partial charge in [-0.2, -0.15) is 0 Å². The highest BCUT2D eigenvalue weighted by Gasteiger charge is 2.38. The number of carbonyl (C=O) groups excluding carboxylic acids is 1. The molecule has 18 heavy (non-hydrogen) atoms. The van der Waals surface area contributed by atoms with E-state index in [1.54, 1.807) is 0 Å². The van der Waals surface area contributed by atoms with Gasteiger partial charge in [0.25, 0.3) is 0 Å². The molecule has 3 rings (SSSR count). The van der Waals surface area contributed by atoms with Crippen LogP contribution in [0.1, 0.15) is 44.9 Å². The molecule has 0 radical (unpaired) electrons. The van der Waals surface area contributed by atoms with Crippen LogP contribution in [-0.2, 0) is 4.79 Å². The molecule has 0 spiro atoms. The van der Waals surface area contributed by atoms with Crippen LogP contribution < -0.4 is 16.0 Å². The second-order valence-electron chi connectivity index (χ2n) is 6.16. The van der Waals surface area contributed by atoms with E-state index in [4.69, 9.17) is 0 Å². The van der Waals surface area contributed by atoms with Crippen LogP contribution in [0.15, 0.2) is 0 Å². The van der Waals surface area contributed by atoms with Crippen molar-refractivity contribution in [3.8, 4) is 0 Å². The number of fused-ring (bicyclic) bond motifs is 1. The Kier molecular flexibility index (Phi) is 3.85. The Morgan fingerprint density at radius 2 is 2.00 bits per heavy atom. The Labute approximate surface area is 109 Å². The maximum absolute atomic E-state index is 12.3. The third-order valence-electron chi connectivity index (χ3n) is 4.82. The van der Waals surface area contributed by atoms with Crippen LogP contribution in [0.3, 0.4) is 0 Å². The van der Waals surface area contributed by atoms with Crippen LogP contribution in [0.4, 0.5) is 0 Å². The lowest BCUT2D eigenvalue weighted by molar-refractivity contribution is -0.123. The quantitative estimate of drug-likeness (QED) is 0.680. The second-order valence-corrected chi connectivity index (χ2v) is 6.16. The lowest BCUT2D eigenvalue weighted by Gasteiger charge is -2.25. The number of carbonyl (C=O) groups is 1. The molecule has 1 aliphatic carbocycles. The fourth-order valence-electron chi connectivity index (χ4n) is 3.80. The first-order chi connectivity index (χ1) is 8.83. The molecule has 2 heterocycles. The Morgan fingerprint density at radius 3 is 2.78 bits per heavy atom. The van der Waals surface area contributed by atoms with Gasteiger partial charge in [0.05, 0.1) is 6.04 Å². The Balaban J connectivity index is 1.50. The molecule has 0 bridgehead atoms. The summed E-state index contributed by atoms with van der Waals surface area (Å²) in [6.45, 7) is 2.03. The minimum absolute atomic E-state index is 0.0695. The van der Waals surface area contributed by atoms with E-state index in [9.17, 15) is 4.79 Å². The van der Waals surface area contributed by atoms with Gasteiger partial charge in [0.1, 0.15) is 0 Å². The third kappa shape index (κ3) is 2.69. The van der Waals surface area contributed by atoms with Crippen molar-refractivity contribution in [2.24, 2.45) is 5.92 Å². The molecule has 2 saturated heterocycles. The molecule has 3 fully saturated rings. The van der Waals surface area contributed by atoms with Crippen LogP contribution in [0.25, 0.3) is 0 Å². The number of piperidine rings is 1. The van der Waals surface area contributed by atoms with Crippen molar-refractivity contribution in [2.45, 2.75) is 63.1 Å². The third-order valence-corrected chi connectivity index (χ3v) is 4.82. The van der Waals surface area contributed by atoms with Gasteiger partial charge in [-0.1, -0.05) is 12.8 Å². The number of amides is 1. The van der Waals surface area contributed by atoms with Crippen LogP contribution in [0, 0.1) is 5.92 Å². The maximum atomic E-state index is 12.3. The van der Waals surface area contributed by atoms with Crippen LogP contribution in [0.2, 0.25) is 0 Å². The predicted molar refractivity (Wildman–Crippen MR) is 71.3 cm³/mol. The lowest BCUT2D eigenvalue weighted by Crippen LogP contribution is -2.51. The number of rotatable bonds is 2. The molecule has 3 N–H and O–H groups in total. The zero-order chi connectivity index (χ0) is 12.4. The normalized spacial score (nSPS) is 40.2. The summed E-state index contributed by atoms with van der Waals surface area (Å²) < 4.78 is 0. The zero-order valence-electron chi connectivity index (χ0n) is 11.1. The van der Waals surface area contributed by atoms with E-state index < -0.39 is 0 Å². The van der Waals surface area contributed by atoms with Gasteiger partial charge in [0.2, 0.25) is 5.91 Å². The average molecular weight is 251 g/mol. The summed E-state index contributed by atoms with van der Waals surface area (Å²) in [7, 11) is 0. The van der Waals surface area contributed by atoms with E-state index in [-0.39, 0.29) is 11.9 Å². The van der Waals surface area contributed by atoms with Gasteiger partial charge in [-0.25, -0.2) is 0 Å². The monoisotopic (exact) mass is 251 g/mol. The zero-order valence-corrected chi connectivity index (χ0v) is 11.1. The molecule has 0 aromatic heterocycles. The predicted octanol–water partition coefficient (Wildman–Crippen LogP) is 0.775. The number of hydrogen-bond donors (Lipinski definition) is 3. The largest absolute Gasteiger partial charge is 0.351 e. The van der Waals surface area contributed by atoms with E-state index in [0.717, 1.165) is 31.8 Å². The molecule has 102 valence electrons. The van der Waals surface area contributed by atoms with Gasteiger partial charge in [0.15, 0.2) is 0 Å². The van der Waals surface area contributed by atoms with Gasteiger partial charge < -0.3 is 16.0 Å². The molecule has 0 aromatic rings.